The summed E-state index contributed by atoms with van der Waals surface area (Å²) in [6.07, 6.45) is 3.36. The summed E-state index contributed by atoms with van der Waals surface area (Å²) in [6, 6.07) is 0.0651. The van der Waals surface area contributed by atoms with Gasteiger partial charge >= 0.3 is 0 Å². The molecule has 1 aromatic heterocycles. The van der Waals surface area contributed by atoms with Crippen molar-refractivity contribution in [2.24, 2.45) is 5.92 Å². The second kappa shape index (κ2) is 5.52. The summed E-state index contributed by atoms with van der Waals surface area (Å²) in [5, 5.41) is 6.30. The van der Waals surface area contributed by atoms with Gasteiger partial charge in [-0.15, -0.1) is 0 Å². The summed E-state index contributed by atoms with van der Waals surface area (Å²) in [7, 11) is 0. The Balaban J connectivity index is 1.87. The van der Waals surface area contributed by atoms with E-state index in [-0.39, 0.29) is 18.0 Å². The Morgan fingerprint density at radius 2 is 2.33 bits per heavy atom. The molecular formula is C13H22N4O. The molecule has 0 radical (unpaired) electrons. The zero-order valence-electron chi connectivity index (χ0n) is 11.3. The van der Waals surface area contributed by atoms with Gasteiger partial charge < -0.3 is 10.3 Å². The molecule has 1 aliphatic rings. The Bertz CT molecular complexity index is 413. The molecule has 2 unspecified atom stereocenters. The molecule has 1 aromatic rings. The summed E-state index contributed by atoms with van der Waals surface area (Å²) in [5.74, 6) is 0.675. The van der Waals surface area contributed by atoms with Crippen molar-refractivity contribution < 1.29 is 4.79 Å². The van der Waals surface area contributed by atoms with Crippen molar-refractivity contribution >= 4 is 5.91 Å². The Labute approximate surface area is 108 Å². The van der Waals surface area contributed by atoms with Gasteiger partial charge in [-0.05, 0) is 19.3 Å². The molecule has 3 N–H and O–H groups in total. The van der Waals surface area contributed by atoms with Crippen molar-refractivity contribution in [2.75, 3.05) is 0 Å². The molecule has 2 rings (SSSR count). The number of fused-ring (bicyclic) bond motifs is 1. The molecule has 1 aliphatic heterocycles. The quantitative estimate of drug-likeness (QED) is 0.746. The fourth-order valence-corrected chi connectivity index (χ4v) is 2.46. The zero-order valence-corrected chi connectivity index (χ0v) is 11.3. The van der Waals surface area contributed by atoms with Crippen LogP contribution in [0.5, 0.6) is 0 Å². The van der Waals surface area contributed by atoms with Gasteiger partial charge in [0, 0.05) is 19.0 Å². The Morgan fingerprint density at radius 3 is 3.06 bits per heavy atom. The molecule has 1 amide bonds. The van der Waals surface area contributed by atoms with E-state index in [1.54, 1.807) is 6.33 Å². The number of amides is 1. The van der Waals surface area contributed by atoms with Crippen LogP contribution in [0.15, 0.2) is 6.33 Å². The first-order valence-electron chi connectivity index (χ1n) is 6.61. The van der Waals surface area contributed by atoms with E-state index >= 15 is 0 Å². The Kier molecular flexibility index (Phi) is 4.01. The molecule has 5 nitrogen and oxygen atoms in total. The van der Waals surface area contributed by atoms with E-state index in [1.807, 2.05) is 0 Å². The van der Waals surface area contributed by atoms with Crippen LogP contribution in [0.2, 0.25) is 0 Å². The largest absolute Gasteiger partial charge is 0.352 e. The number of H-pyrrole nitrogens is 1. The van der Waals surface area contributed by atoms with Gasteiger partial charge in [0.05, 0.1) is 23.8 Å². The van der Waals surface area contributed by atoms with Crippen LogP contribution >= 0.6 is 0 Å². The van der Waals surface area contributed by atoms with E-state index in [4.69, 9.17) is 0 Å². The van der Waals surface area contributed by atoms with Gasteiger partial charge in [-0.1, -0.05) is 13.8 Å². The second-order valence-corrected chi connectivity index (χ2v) is 5.50. The topological polar surface area (TPSA) is 69.8 Å². The number of carbonyl (C=O) groups excluding carboxylic acids is 1. The highest BCUT2D eigenvalue weighted by Gasteiger charge is 2.26. The summed E-state index contributed by atoms with van der Waals surface area (Å²) < 4.78 is 0. The van der Waals surface area contributed by atoms with Crippen LogP contribution < -0.4 is 10.6 Å². The molecule has 5 heteroatoms. The summed E-state index contributed by atoms with van der Waals surface area (Å²) in [5.41, 5.74) is 2.10. The molecule has 0 saturated carbocycles. The van der Waals surface area contributed by atoms with Gasteiger partial charge in [0.1, 0.15) is 0 Å². The second-order valence-electron chi connectivity index (χ2n) is 5.50. The highest BCUT2D eigenvalue weighted by atomic mass is 16.2. The maximum Gasteiger partial charge on any atom is 0.237 e. The van der Waals surface area contributed by atoms with Gasteiger partial charge in [-0.2, -0.15) is 0 Å². The van der Waals surface area contributed by atoms with E-state index in [9.17, 15) is 4.79 Å². The average Bonchev–Trinajstić information content (AvgIpc) is 2.74. The van der Waals surface area contributed by atoms with Crippen molar-refractivity contribution in [3.05, 3.63) is 17.7 Å². The molecule has 0 saturated heterocycles. The van der Waals surface area contributed by atoms with E-state index in [0.717, 1.165) is 17.8 Å². The number of nitrogens with one attached hydrogen (secondary N) is 3. The highest BCUT2D eigenvalue weighted by molar-refractivity contribution is 5.82. The summed E-state index contributed by atoms with van der Waals surface area (Å²) >= 11 is 0. The van der Waals surface area contributed by atoms with Gasteiger partial charge in [0.2, 0.25) is 5.91 Å². The van der Waals surface area contributed by atoms with Gasteiger partial charge in [0.25, 0.3) is 0 Å². The van der Waals surface area contributed by atoms with Gasteiger partial charge in [0.15, 0.2) is 0 Å². The highest BCUT2D eigenvalue weighted by Crippen LogP contribution is 2.12. The van der Waals surface area contributed by atoms with Gasteiger partial charge in [-0.3, -0.25) is 10.1 Å². The van der Waals surface area contributed by atoms with Crippen LogP contribution in [0.4, 0.5) is 0 Å². The zero-order chi connectivity index (χ0) is 13.1. The third-order valence-electron chi connectivity index (χ3n) is 3.26. The number of carbonyl (C=O) groups is 1. The van der Waals surface area contributed by atoms with Crippen LogP contribution in [0.1, 0.15) is 38.6 Å². The molecular weight excluding hydrogens is 228 g/mol. The van der Waals surface area contributed by atoms with Crippen molar-refractivity contribution in [1.82, 2.24) is 20.6 Å². The standard InChI is InChI=1S/C13H22N4O/c1-8(2)4-9(3)17-13(18)11-5-10-12(6-14-11)16-7-15-10/h7-9,11,14H,4-6H2,1-3H3,(H,15,16)(H,17,18). The summed E-state index contributed by atoms with van der Waals surface area (Å²) in [6.45, 7) is 7.07. The molecule has 2 atom stereocenters. The van der Waals surface area contributed by atoms with Crippen LogP contribution in [-0.2, 0) is 17.8 Å². The normalized spacial score (nSPS) is 20.6. The fourth-order valence-electron chi connectivity index (χ4n) is 2.46. The minimum Gasteiger partial charge on any atom is -0.352 e. The predicted molar refractivity (Wildman–Crippen MR) is 70.0 cm³/mol. The molecule has 0 aliphatic carbocycles. The lowest BCUT2D eigenvalue weighted by Gasteiger charge is -2.24. The number of hydrogen-bond donors (Lipinski definition) is 3. The average molecular weight is 250 g/mol. The number of nitrogens with zero attached hydrogens (tertiary/aromatic N) is 1. The van der Waals surface area contributed by atoms with Crippen molar-refractivity contribution in [2.45, 2.75) is 52.2 Å². The van der Waals surface area contributed by atoms with Crippen LogP contribution in [0, 0.1) is 5.92 Å². The Hall–Kier alpha value is -1.36. The molecule has 0 bridgehead atoms. The molecule has 0 fully saturated rings. The van der Waals surface area contributed by atoms with Crippen molar-refractivity contribution in [3.63, 3.8) is 0 Å². The molecule has 2 heterocycles. The molecule has 0 aromatic carbocycles. The van der Waals surface area contributed by atoms with E-state index in [1.165, 1.54) is 0 Å². The predicted octanol–water partition coefficient (Wildman–Crippen LogP) is 0.975. The Morgan fingerprint density at radius 1 is 1.56 bits per heavy atom. The van der Waals surface area contributed by atoms with E-state index in [2.05, 4.69) is 41.4 Å². The smallest absolute Gasteiger partial charge is 0.237 e. The van der Waals surface area contributed by atoms with Crippen LogP contribution in [0.3, 0.4) is 0 Å². The SMILES string of the molecule is CC(C)CC(C)NC(=O)C1Cc2nc[nH]c2CN1. The number of aromatic nitrogens is 2. The number of imidazole rings is 1. The lowest BCUT2D eigenvalue weighted by molar-refractivity contribution is -0.124. The first-order chi connectivity index (χ1) is 8.56. The number of hydrogen-bond acceptors (Lipinski definition) is 3. The molecule has 0 spiro atoms. The van der Waals surface area contributed by atoms with Crippen LogP contribution in [0.25, 0.3) is 0 Å². The molecule has 100 valence electrons. The van der Waals surface area contributed by atoms with Crippen molar-refractivity contribution in [1.29, 1.82) is 0 Å². The maximum absolute atomic E-state index is 12.1. The third-order valence-corrected chi connectivity index (χ3v) is 3.26. The summed E-state index contributed by atoms with van der Waals surface area (Å²) in [4.78, 5) is 19.4. The number of rotatable bonds is 4. The van der Waals surface area contributed by atoms with Crippen LogP contribution in [-0.4, -0.2) is 28.0 Å². The van der Waals surface area contributed by atoms with E-state index in [0.29, 0.717) is 18.9 Å². The molecule has 18 heavy (non-hydrogen) atoms. The lowest BCUT2D eigenvalue weighted by Crippen LogP contribution is -2.50. The first-order valence-corrected chi connectivity index (χ1v) is 6.61. The monoisotopic (exact) mass is 250 g/mol. The first kappa shape index (κ1) is 13.1. The lowest BCUT2D eigenvalue weighted by atomic mass is 10.0. The maximum atomic E-state index is 12.1. The van der Waals surface area contributed by atoms with Crippen molar-refractivity contribution in [3.8, 4) is 0 Å². The van der Waals surface area contributed by atoms with Gasteiger partial charge in [-0.25, -0.2) is 4.98 Å². The van der Waals surface area contributed by atoms with E-state index < -0.39 is 0 Å². The third kappa shape index (κ3) is 3.10. The number of aromatic amines is 1. The minimum atomic E-state index is -0.157. The minimum absolute atomic E-state index is 0.0804. The fraction of sp³-hybridized carbons (Fsp3) is 0.692.